The lowest BCUT2D eigenvalue weighted by molar-refractivity contribution is 0.0763. The van der Waals surface area contributed by atoms with Crippen molar-refractivity contribution in [2.45, 2.75) is 12.0 Å². The highest BCUT2D eigenvalue weighted by atomic mass is 16.3. The molecule has 3 heterocycles. The van der Waals surface area contributed by atoms with Crippen LogP contribution in [-0.4, -0.2) is 20.1 Å². The first-order valence-corrected chi connectivity index (χ1v) is 9.00. The Balaban J connectivity index is 1.66. The zero-order valence-corrected chi connectivity index (χ0v) is 14.7. The molecule has 0 bridgehead atoms. The SMILES string of the molecule is OC(Cc1cc2ccccc2[nH]1)(c1ccncc1)c1cc2ccccc2[nH]1. The summed E-state index contributed by atoms with van der Waals surface area (Å²) in [5, 5.41) is 14.1. The second-order valence-corrected chi connectivity index (χ2v) is 6.93. The molecule has 0 saturated heterocycles. The van der Waals surface area contributed by atoms with Gasteiger partial charge >= 0.3 is 0 Å². The van der Waals surface area contributed by atoms with Crippen LogP contribution in [0.3, 0.4) is 0 Å². The van der Waals surface area contributed by atoms with E-state index in [0.717, 1.165) is 38.8 Å². The van der Waals surface area contributed by atoms with E-state index in [1.54, 1.807) is 12.4 Å². The third-order valence-electron chi connectivity index (χ3n) is 5.17. The molecule has 4 heteroatoms. The van der Waals surface area contributed by atoms with Crippen LogP contribution in [0.15, 0.2) is 85.2 Å². The molecular formula is C23H19N3O. The van der Waals surface area contributed by atoms with Gasteiger partial charge < -0.3 is 15.1 Å². The van der Waals surface area contributed by atoms with Gasteiger partial charge in [-0.15, -0.1) is 0 Å². The molecule has 2 aromatic carbocycles. The van der Waals surface area contributed by atoms with E-state index in [1.165, 1.54) is 0 Å². The predicted molar refractivity (Wildman–Crippen MR) is 108 cm³/mol. The number of nitrogens with one attached hydrogen (secondary N) is 2. The van der Waals surface area contributed by atoms with Crippen LogP contribution in [0.25, 0.3) is 21.8 Å². The molecule has 0 spiro atoms. The number of nitrogens with zero attached hydrogens (tertiary/aromatic N) is 1. The summed E-state index contributed by atoms with van der Waals surface area (Å²) in [4.78, 5) is 10.9. The molecule has 4 nitrogen and oxygen atoms in total. The van der Waals surface area contributed by atoms with Crippen molar-refractivity contribution in [3.63, 3.8) is 0 Å². The maximum atomic E-state index is 11.9. The number of pyridine rings is 1. The summed E-state index contributed by atoms with van der Waals surface area (Å²) in [5.41, 5.74) is 3.45. The molecule has 0 amide bonds. The van der Waals surface area contributed by atoms with Gasteiger partial charge in [0, 0.05) is 35.5 Å². The van der Waals surface area contributed by atoms with Gasteiger partial charge in [-0.3, -0.25) is 4.98 Å². The minimum atomic E-state index is -1.19. The van der Waals surface area contributed by atoms with Crippen LogP contribution in [-0.2, 0) is 12.0 Å². The third-order valence-corrected chi connectivity index (χ3v) is 5.17. The van der Waals surface area contributed by atoms with Crippen LogP contribution in [0.5, 0.6) is 0 Å². The molecule has 3 N–H and O–H groups in total. The molecular weight excluding hydrogens is 334 g/mol. The van der Waals surface area contributed by atoms with Crippen molar-refractivity contribution in [1.29, 1.82) is 0 Å². The Hall–Kier alpha value is -3.37. The first-order valence-electron chi connectivity index (χ1n) is 9.00. The van der Waals surface area contributed by atoms with Crippen LogP contribution >= 0.6 is 0 Å². The summed E-state index contributed by atoms with van der Waals surface area (Å²) in [6.45, 7) is 0. The highest BCUT2D eigenvalue weighted by molar-refractivity contribution is 5.81. The maximum absolute atomic E-state index is 11.9. The standard InChI is InChI=1S/C23H19N3O/c27-23(18-9-11-24-12-10-18,22-14-17-6-2-4-8-21(17)26-22)15-19-13-16-5-1-3-7-20(16)25-19/h1-14,25-27H,15H2. The fraction of sp³-hybridized carbons (Fsp3) is 0.0870. The van der Waals surface area contributed by atoms with Gasteiger partial charge in [0.25, 0.3) is 0 Å². The molecule has 0 aliphatic rings. The number of aromatic nitrogens is 3. The van der Waals surface area contributed by atoms with E-state index in [0.29, 0.717) is 6.42 Å². The number of para-hydroxylation sites is 2. The van der Waals surface area contributed by atoms with E-state index in [-0.39, 0.29) is 0 Å². The molecule has 27 heavy (non-hydrogen) atoms. The second kappa shape index (κ2) is 6.11. The topological polar surface area (TPSA) is 64.7 Å². The molecule has 0 saturated carbocycles. The Labute approximate surface area is 156 Å². The number of aliphatic hydroxyl groups is 1. The molecule has 5 rings (SSSR count). The average Bonchev–Trinajstić information content (AvgIpc) is 3.32. The van der Waals surface area contributed by atoms with Crippen molar-refractivity contribution in [3.8, 4) is 0 Å². The lowest BCUT2D eigenvalue weighted by Gasteiger charge is -2.27. The first kappa shape index (κ1) is 15.9. The van der Waals surface area contributed by atoms with E-state index in [4.69, 9.17) is 0 Å². The summed E-state index contributed by atoms with van der Waals surface area (Å²) in [6.07, 6.45) is 3.86. The third kappa shape index (κ3) is 2.71. The zero-order valence-electron chi connectivity index (χ0n) is 14.7. The summed E-state index contributed by atoms with van der Waals surface area (Å²) in [7, 11) is 0. The van der Waals surface area contributed by atoms with E-state index >= 15 is 0 Å². The molecule has 0 aliphatic heterocycles. The van der Waals surface area contributed by atoms with Crippen LogP contribution in [0.4, 0.5) is 0 Å². The Morgan fingerprint density at radius 1 is 0.778 bits per heavy atom. The lowest BCUT2D eigenvalue weighted by atomic mass is 9.86. The predicted octanol–water partition coefficient (Wildman–Crippen LogP) is 4.52. The van der Waals surface area contributed by atoms with Gasteiger partial charge in [-0.05, 0) is 52.7 Å². The van der Waals surface area contributed by atoms with Crippen LogP contribution in [0.2, 0.25) is 0 Å². The quantitative estimate of drug-likeness (QED) is 0.445. The summed E-state index contributed by atoms with van der Waals surface area (Å²) < 4.78 is 0. The highest BCUT2D eigenvalue weighted by Gasteiger charge is 2.34. The van der Waals surface area contributed by atoms with Crippen molar-refractivity contribution in [1.82, 2.24) is 15.0 Å². The number of fused-ring (bicyclic) bond motifs is 2. The van der Waals surface area contributed by atoms with Gasteiger partial charge in [0.1, 0.15) is 5.60 Å². The van der Waals surface area contributed by atoms with Gasteiger partial charge in [-0.1, -0.05) is 36.4 Å². The van der Waals surface area contributed by atoms with E-state index < -0.39 is 5.60 Å². The Kier molecular flexibility index (Phi) is 3.59. The number of H-pyrrole nitrogens is 2. The molecule has 1 unspecified atom stereocenters. The molecule has 1 atom stereocenters. The summed E-state index contributed by atoms with van der Waals surface area (Å²) >= 11 is 0. The molecule has 132 valence electrons. The fourth-order valence-corrected chi connectivity index (χ4v) is 3.78. The van der Waals surface area contributed by atoms with Crippen LogP contribution in [0.1, 0.15) is 17.0 Å². The van der Waals surface area contributed by atoms with Crippen molar-refractivity contribution in [3.05, 3.63) is 102 Å². The molecule has 0 radical (unpaired) electrons. The first-order chi connectivity index (χ1) is 13.2. The number of rotatable bonds is 4. The van der Waals surface area contributed by atoms with E-state index in [1.807, 2.05) is 60.7 Å². The Bertz CT molecular complexity index is 1160. The number of hydrogen-bond donors (Lipinski definition) is 3. The van der Waals surface area contributed by atoms with E-state index in [2.05, 4.69) is 27.1 Å². The highest BCUT2D eigenvalue weighted by Crippen LogP contribution is 2.34. The maximum Gasteiger partial charge on any atom is 0.135 e. The van der Waals surface area contributed by atoms with E-state index in [9.17, 15) is 5.11 Å². The largest absolute Gasteiger partial charge is 0.378 e. The van der Waals surface area contributed by atoms with Gasteiger partial charge in [0.2, 0.25) is 0 Å². The van der Waals surface area contributed by atoms with Gasteiger partial charge in [-0.2, -0.15) is 0 Å². The second-order valence-electron chi connectivity index (χ2n) is 6.93. The lowest BCUT2D eigenvalue weighted by Crippen LogP contribution is -2.30. The van der Waals surface area contributed by atoms with Crippen molar-refractivity contribution < 1.29 is 5.11 Å². The monoisotopic (exact) mass is 353 g/mol. The molecule has 0 fully saturated rings. The summed E-state index contributed by atoms with van der Waals surface area (Å²) in [6, 6.07) is 24.1. The van der Waals surface area contributed by atoms with Crippen LogP contribution in [0, 0.1) is 0 Å². The van der Waals surface area contributed by atoms with Crippen molar-refractivity contribution in [2.24, 2.45) is 0 Å². The normalized spacial score (nSPS) is 13.8. The van der Waals surface area contributed by atoms with Crippen molar-refractivity contribution in [2.75, 3.05) is 0 Å². The van der Waals surface area contributed by atoms with Crippen molar-refractivity contribution >= 4 is 21.8 Å². The smallest absolute Gasteiger partial charge is 0.135 e. The Morgan fingerprint density at radius 3 is 2.07 bits per heavy atom. The molecule has 3 aromatic heterocycles. The number of hydrogen-bond acceptors (Lipinski definition) is 2. The zero-order chi connectivity index (χ0) is 18.3. The fourth-order valence-electron chi connectivity index (χ4n) is 3.78. The minimum absolute atomic E-state index is 0.429. The molecule has 5 aromatic rings. The number of aromatic amines is 2. The van der Waals surface area contributed by atoms with Gasteiger partial charge in [-0.25, -0.2) is 0 Å². The van der Waals surface area contributed by atoms with Crippen LogP contribution < -0.4 is 0 Å². The number of benzene rings is 2. The van der Waals surface area contributed by atoms with Gasteiger partial charge in [0.05, 0.1) is 5.69 Å². The van der Waals surface area contributed by atoms with Gasteiger partial charge in [0.15, 0.2) is 0 Å². The molecule has 0 aliphatic carbocycles. The minimum Gasteiger partial charge on any atom is -0.378 e. The Morgan fingerprint density at radius 2 is 1.41 bits per heavy atom. The summed E-state index contributed by atoms with van der Waals surface area (Å²) in [5.74, 6) is 0. The average molecular weight is 353 g/mol.